The Balaban J connectivity index is 1.06. The van der Waals surface area contributed by atoms with Crippen molar-refractivity contribution in [3.05, 3.63) is 193 Å². The molecule has 2 heterocycles. The van der Waals surface area contributed by atoms with Gasteiger partial charge in [-0.05, 0) is 144 Å². The van der Waals surface area contributed by atoms with E-state index in [1.54, 1.807) is 0 Å². The molecule has 4 heteroatoms. The van der Waals surface area contributed by atoms with Crippen molar-refractivity contribution in [3.8, 4) is 0 Å². The Morgan fingerprint density at radius 1 is 0.321 bits per heavy atom. The maximum atomic E-state index is 6.64. The number of fused-ring (bicyclic) bond motifs is 9. The second-order valence-corrected chi connectivity index (χ2v) is 14.7. The molecule has 0 atom stereocenters. The van der Waals surface area contributed by atoms with E-state index in [0.717, 1.165) is 99.5 Å². The minimum Gasteiger partial charge on any atom is -0.456 e. The van der Waals surface area contributed by atoms with E-state index < -0.39 is 0 Å². The molecule has 0 bridgehead atoms. The lowest BCUT2D eigenvalue weighted by Crippen LogP contribution is -2.11. The summed E-state index contributed by atoms with van der Waals surface area (Å²) in [6.07, 6.45) is 0. The Hall–Kier alpha value is -7.30. The van der Waals surface area contributed by atoms with Gasteiger partial charge < -0.3 is 18.6 Å². The molecule has 0 N–H and O–H groups in total. The molecule has 0 saturated carbocycles. The molecule has 0 unspecified atom stereocenters. The number of anilines is 6. The van der Waals surface area contributed by atoms with Crippen LogP contribution >= 0.6 is 0 Å². The normalized spacial score (nSPS) is 11.8. The molecular formula is C52H36N2O2. The fourth-order valence-electron chi connectivity index (χ4n) is 8.51. The van der Waals surface area contributed by atoms with E-state index in [4.69, 9.17) is 8.83 Å². The molecule has 0 aliphatic heterocycles. The molecule has 9 aromatic carbocycles. The van der Waals surface area contributed by atoms with Gasteiger partial charge in [0.1, 0.15) is 22.3 Å². The van der Waals surface area contributed by atoms with Gasteiger partial charge in [-0.3, -0.25) is 0 Å². The third-order valence-electron chi connectivity index (χ3n) is 11.2. The number of hydrogen-bond donors (Lipinski definition) is 0. The average molecular weight is 721 g/mol. The summed E-state index contributed by atoms with van der Waals surface area (Å²) in [5, 5.41) is 8.88. The first kappa shape index (κ1) is 32.2. The van der Waals surface area contributed by atoms with E-state index in [1.807, 2.05) is 12.1 Å². The largest absolute Gasteiger partial charge is 0.456 e. The highest BCUT2D eigenvalue weighted by atomic mass is 16.3. The SMILES string of the molecule is Cc1ccccc1N(c1ccccc1)c1ccc2cc3c(cc2c1)oc1ccc2oc4cc5cc(N(c6ccccc6)c6ccccc6C)ccc5cc4c2c13. The topological polar surface area (TPSA) is 32.8 Å². The lowest BCUT2D eigenvalue weighted by atomic mass is 10.00. The van der Waals surface area contributed by atoms with Gasteiger partial charge in [-0.1, -0.05) is 84.9 Å². The van der Waals surface area contributed by atoms with Gasteiger partial charge >= 0.3 is 0 Å². The molecule has 2 aromatic heterocycles. The van der Waals surface area contributed by atoms with Crippen LogP contribution in [0.3, 0.4) is 0 Å². The number of aryl methyl sites for hydroxylation is 2. The monoisotopic (exact) mass is 720 g/mol. The van der Waals surface area contributed by atoms with Crippen molar-refractivity contribution in [2.45, 2.75) is 13.8 Å². The number of nitrogens with zero attached hydrogens (tertiary/aromatic N) is 2. The highest BCUT2D eigenvalue weighted by Gasteiger charge is 2.20. The van der Waals surface area contributed by atoms with Crippen LogP contribution in [0.1, 0.15) is 11.1 Å². The van der Waals surface area contributed by atoms with Gasteiger partial charge in [0.25, 0.3) is 0 Å². The first-order valence-electron chi connectivity index (χ1n) is 19.1. The van der Waals surface area contributed by atoms with E-state index in [9.17, 15) is 0 Å². The summed E-state index contributed by atoms with van der Waals surface area (Å²) in [7, 11) is 0. The van der Waals surface area contributed by atoms with E-state index in [1.165, 1.54) is 11.1 Å². The molecule has 0 amide bonds. The van der Waals surface area contributed by atoms with Crippen LogP contribution < -0.4 is 9.80 Å². The van der Waals surface area contributed by atoms with Crippen molar-refractivity contribution in [1.82, 2.24) is 0 Å². The van der Waals surface area contributed by atoms with Crippen LogP contribution in [0.2, 0.25) is 0 Å². The Bertz CT molecular complexity index is 3070. The summed E-state index contributed by atoms with van der Waals surface area (Å²) in [5.41, 5.74) is 12.6. The van der Waals surface area contributed by atoms with E-state index in [2.05, 4.69) is 194 Å². The lowest BCUT2D eigenvalue weighted by Gasteiger charge is -2.27. The van der Waals surface area contributed by atoms with Crippen LogP contribution in [0, 0.1) is 13.8 Å². The molecule has 0 saturated heterocycles. The minimum atomic E-state index is 0.851. The molecule has 0 aliphatic rings. The third kappa shape index (κ3) is 5.14. The van der Waals surface area contributed by atoms with Gasteiger partial charge in [0, 0.05) is 55.7 Å². The number of para-hydroxylation sites is 4. The molecule has 0 radical (unpaired) electrons. The van der Waals surface area contributed by atoms with Crippen LogP contribution in [-0.4, -0.2) is 0 Å². The molecule has 266 valence electrons. The van der Waals surface area contributed by atoms with Crippen LogP contribution in [0.5, 0.6) is 0 Å². The van der Waals surface area contributed by atoms with Crippen molar-refractivity contribution in [3.63, 3.8) is 0 Å². The van der Waals surface area contributed by atoms with Crippen LogP contribution in [0.4, 0.5) is 34.1 Å². The maximum absolute atomic E-state index is 6.64. The van der Waals surface area contributed by atoms with Crippen LogP contribution in [-0.2, 0) is 0 Å². The summed E-state index contributed by atoms with van der Waals surface area (Å²) in [4.78, 5) is 4.65. The van der Waals surface area contributed by atoms with Crippen molar-refractivity contribution in [2.75, 3.05) is 9.80 Å². The molecule has 11 aromatic rings. The summed E-state index contributed by atoms with van der Waals surface area (Å²) in [6.45, 7) is 4.33. The predicted octanol–water partition coefficient (Wildman–Crippen LogP) is 15.3. The van der Waals surface area contributed by atoms with Gasteiger partial charge in [-0.2, -0.15) is 0 Å². The average Bonchev–Trinajstić information content (AvgIpc) is 3.78. The molecule has 0 fully saturated rings. The maximum Gasteiger partial charge on any atom is 0.136 e. The molecular weight excluding hydrogens is 685 g/mol. The van der Waals surface area contributed by atoms with Crippen molar-refractivity contribution >= 4 is 99.5 Å². The molecule has 0 spiro atoms. The molecule has 11 rings (SSSR count). The van der Waals surface area contributed by atoms with Crippen LogP contribution in [0.15, 0.2) is 191 Å². The fraction of sp³-hybridized carbons (Fsp3) is 0.0385. The molecule has 4 nitrogen and oxygen atoms in total. The third-order valence-corrected chi connectivity index (χ3v) is 11.2. The Labute approximate surface area is 324 Å². The summed E-state index contributed by atoms with van der Waals surface area (Å²) in [5.74, 6) is 0. The predicted molar refractivity (Wildman–Crippen MR) is 235 cm³/mol. The Morgan fingerprint density at radius 2 is 0.732 bits per heavy atom. The van der Waals surface area contributed by atoms with Gasteiger partial charge in [-0.25, -0.2) is 0 Å². The summed E-state index contributed by atoms with van der Waals surface area (Å²) >= 11 is 0. The van der Waals surface area contributed by atoms with E-state index in [-0.39, 0.29) is 0 Å². The lowest BCUT2D eigenvalue weighted by molar-refractivity contribution is 0.663. The van der Waals surface area contributed by atoms with Gasteiger partial charge in [0.05, 0.1) is 0 Å². The highest BCUT2D eigenvalue weighted by molar-refractivity contribution is 6.27. The zero-order valence-electron chi connectivity index (χ0n) is 31.0. The number of benzene rings is 9. The molecule has 0 aliphatic carbocycles. The standard InChI is InChI=1S/C52H36N2O2/c1-33-13-9-11-19-45(33)53(39-15-5-3-6-16-39)41-23-21-35-29-43-49(31-37(35)27-41)55-47-25-26-48-52(51(43)47)44-30-36-22-24-42(28-38(36)32-50(44)56-48)54(40-17-7-4-8-18-40)46-20-12-10-14-34(46)2/h3-32H,1-2H3. The Kier molecular flexibility index (Phi) is 7.26. The summed E-state index contributed by atoms with van der Waals surface area (Å²) in [6, 6.07) is 64.6. The number of furan rings is 2. The Morgan fingerprint density at radius 3 is 1.16 bits per heavy atom. The van der Waals surface area contributed by atoms with Crippen molar-refractivity contribution in [1.29, 1.82) is 0 Å². The van der Waals surface area contributed by atoms with Crippen molar-refractivity contribution in [2.24, 2.45) is 0 Å². The summed E-state index contributed by atoms with van der Waals surface area (Å²) < 4.78 is 13.3. The first-order valence-corrected chi connectivity index (χ1v) is 19.1. The van der Waals surface area contributed by atoms with Gasteiger partial charge in [0.15, 0.2) is 0 Å². The van der Waals surface area contributed by atoms with Gasteiger partial charge in [-0.15, -0.1) is 0 Å². The quantitative estimate of drug-likeness (QED) is 0.171. The zero-order chi connectivity index (χ0) is 37.3. The zero-order valence-corrected chi connectivity index (χ0v) is 31.0. The van der Waals surface area contributed by atoms with Gasteiger partial charge in [0.2, 0.25) is 0 Å². The molecule has 56 heavy (non-hydrogen) atoms. The highest BCUT2D eigenvalue weighted by Crippen LogP contribution is 2.45. The number of rotatable bonds is 6. The van der Waals surface area contributed by atoms with Crippen LogP contribution in [0.25, 0.3) is 65.4 Å². The fourth-order valence-corrected chi connectivity index (χ4v) is 8.51. The second kappa shape index (κ2) is 12.6. The second-order valence-electron chi connectivity index (χ2n) is 14.7. The minimum absolute atomic E-state index is 0.851. The smallest absolute Gasteiger partial charge is 0.136 e. The van der Waals surface area contributed by atoms with E-state index in [0.29, 0.717) is 0 Å². The number of hydrogen-bond acceptors (Lipinski definition) is 4. The van der Waals surface area contributed by atoms with Crippen molar-refractivity contribution < 1.29 is 8.83 Å². The van der Waals surface area contributed by atoms with E-state index >= 15 is 0 Å². The first-order chi connectivity index (χ1) is 27.6.